The molecule has 0 fully saturated rings. The van der Waals surface area contributed by atoms with E-state index in [4.69, 9.17) is 0 Å². The summed E-state index contributed by atoms with van der Waals surface area (Å²) in [6, 6.07) is 0. The van der Waals surface area contributed by atoms with Gasteiger partial charge < -0.3 is 0 Å². The number of hydrogen-bond acceptors (Lipinski definition) is 0. The largest absolute Gasteiger partial charge is 0.106 e. The second-order valence-corrected chi connectivity index (χ2v) is 8.05. The molecule has 0 aromatic carbocycles. The van der Waals surface area contributed by atoms with Gasteiger partial charge in [0.05, 0.1) is 0 Å². The van der Waals surface area contributed by atoms with Crippen LogP contribution in [0.1, 0.15) is 92.9 Å². The van der Waals surface area contributed by atoms with Crippen LogP contribution < -0.4 is 0 Å². The summed E-state index contributed by atoms with van der Waals surface area (Å²) in [6.07, 6.45) is 22.7. The van der Waals surface area contributed by atoms with Gasteiger partial charge in [-0.2, -0.15) is 0 Å². The van der Waals surface area contributed by atoms with Crippen LogP contribution in [-0.4, -0.2) is 7.85 Å². The third-order valence-electron chi connectivity index (χ3n) is 4.74. The van der Waals surface area contributed by atoms with Gasteiger partial charge in [-0.1, -0.05) is 64.6 Å². The van der Waals surface area contributed by atoms with E-state index in [1.807, 2.05) is 0 Å². The lowest BCUT2D eigenvalue weighted by Crippen LogP contribution is -1.83. The topological polar surface area (TPSA) is 0 Å². The molecule has 26 heavy (non-hydrogen) atoms. The van der Waals surface area contributed by atoms with Gasteiger partial charge in [-0.3, -0.25) is 0 Å². The van der Waals surface area contributed by atoms with Crippen LogP contribution in [0.3, 0.4) is 0 Å². The van der Waals surface area contributed by atoms with E-state index in [0.29, 0.717) is 0 Å². The monoisotopic (exact) mass is 354 g/mol. The second-order valence-electron chi connectivity index (χ2n) is 8.05. The molecule has 0 nitrogen and oxygen atoms in total. The van der Waals surface area contributed by atoms with E-state index in [2.05, 4.69) is 79.8 Å². The fourth-order valence-corrected chi connectivity index (χ4v) is 2.98. The van der Waals surface area contributed by atoms with Crippen LogP contribution in [0.25, 0.3) is 0 Å². The first-order valence-electron chi connectivity index (χ1n) is 10.6. The van der Waals surface area contributed by atoms with Crippen LogP contribution in [0, 0.1) is 0 Å². The quantitative estimate of drug-likeness (QED) is 0.233. The Hall–Kier alpha value is -1.24. The van der Waals surface area contributed by atoms with Crippen molar-refractivity contribution in [1.29, 1.82) is 0 Å². The summed E-state index contributed by atoms with van der Waals surface area (Å²) in [6.45, 7) is 13.4. The molecule has 0 bridgehead atoms. The van der Waals surface area contributed by atoms with Crippen molar-refractivity contribution in [2.45, 2.75) is 99.2 Å². The van der Waals surface area contributed by atoms with E-state index in [1.165, 1.54) is 79.2 Å². The number of hydrogen-bond donors (Lipinski definition) is 0. The highest BCUT2D eigenvalue weighted by Gasteiger charge is 1.94. The molecule has 0 aromatic heterocycles. The molecule has 0 saturated heterocycles. The molecule has 0 aliphatic rings. The summed E-state index contributed by atoms with van der Waals surface area (Å²) in [5.41, 5.74) is 7.55. The molecule has 0 aromatic rings. The van der Waals surface area contributed by atoms with Gasteiger partial charge in [0, 0.05) is 0 Å². The van der Waals surface area contributed by atoms with E-state index in [9.17, 15) is 0 Å². The molecule has 0 amide bonds. The predicted octanol–water partition coefficient (Wildman–Crippen LogP) is 7.91. The summed E-state index contributed by atoms with van der Waals surface area (Å²) in [7, 11) is 2.21. The standard InChI is InChI=1S/C25H43B/c1-21(2)11-7-12-22(3)13-8-14-23(4)15-9-16-24(5)17-10-18-25(6)19-20-26/h11,13,15,17,19H,7-10,12,14,16,18,20,26H2,1-6H3/b22-13+,23-15+,24-17+,25-19+. The molecular weight excluding hydrogens is 311 g/mol. The van der Waals surface area contributed by atoms with Crippen molar-refractivity contribution in [3.63, 3.8) is 0 Å². The molecule has 146 valence electrons. The number of rotatable bonds is 13. The first-order chi connectivity index (χ1) is 12.3. The average Bonchev–Trinajstić information content (AvgIpc) is 2.54. The van der Waals surface area contributed by atoms with Crippen LogP contribution in [-0.2, 0) is 0 Å². The normalized spacial score (nSPS) is 13.9. The molecule has 0 aliphatic heterocycles. The fraction of sp³-hybridized carbons (Fsp3) is 0.600. The van der Waals surface area contributed by atoms with Gasteiger partial charge in [0.2, 0.25) is 0 Å². The Morgan fingerprint density at radius 1 is 0.500 bits per heavy atom. The summed E-state index contributed by atoms with van der Waals surface area (Å²) in [5.74, 6) is 0. The summed E-state index contributed by atoms with van der Waals surface area (Å²) in [5, 5.41) is 0. The van der Waals surface area contributed by atoms with Crippen molar-refractivity contribution in [1.82, 2.24) is 0 Å². The van der Waals surface area contributed by atoms with E-state index in [0.717, 1.165) is 6.32 Å². The maximum absolute atomic E-state index is 2.44. The van der Waals surface area contributed by atoms with Crippen molar-refractivity contribution in [3.05, 3.63) is 58.2 Å². The maximum atomic E-state index is 2.44. The molecule has 0 rings (SSSR count). The third-order valence-corrected chi connectivity index (χ3v) is 4.74. The van der Waals surface area contributed by atoms with Crippen LogP contribution >= 0.6 is 0 Å². The van der Waals surface area contributed by atoms with E-state index in [1.54, 1.807) is 0 Å². The molecule has 0 aliphatic carbocycles. The van der Waals surface area contributed by atoms with E-state index in [-0.39, 0.29) is 0 Å². The lowest BCUT2D eigenvalue weighted by molar-refractivity contribution is 0.891. The second kappa shape index (κ2) is 16.0. The Morgan fingerprint density at radius 2 is 0.808 bits per heavy atom. The lowest BCUT2D eigenvalue weighted by Gasteiger charge is -2.03. The zero-order valence-electron chi connectivity index (χ0n) is 18.8. The third kappa shape index (κ3) is 16.2. The first-order valence-corrected chi connectivity index (χ1v) is 10.6. The minimum atomic E-state index is 1.16. The van der Waals surface area contributed by atoms with Gasteiger partial charge >= 0.3 is 0 Å². The zero-order valence-corrected chi connectivity index (χ0v) is 18.8. The first kappa shape index (κ1) is 24.8. The summed E-state index contributed by atoms with van der Waals surface area (Å²) >= 11 is 0. The molecule has 0 spiro atoms. The molecule has 0 radical (unpaired) electrons. The Bertz CT molecular complexity index is 522. The van der Waals surface area contributed by atoms with Crippen LogP contribution in [0.15, 0.2) is 58.2 Å². The van der Waals surface area contributed by atoms with Gasteiger partial charge in [-0.15, -0.1) is 0 Å². The van der Waals surface area contributed by atoms with Crippen molar-refractivity contribution in [2.24, 2.45) is 0 Å². The smallest absolute Gasteiger partial charge is 0.0935 e. The lowest BCUT2D eigenvalue weighted by atomic mass is 10.0. The van der Waals surface area contributed by atoms with E-state index < -0.39 is 0 Å². The van der Waals surface area contributed by atoms with Gasteiger partial charge in [-0.25, -0.2) is 0 Å². The Balaban J connectivity index is 4.03. The summed E-state index contributed by atoms with van der Waals surface area (Å²) < 4.78 is 0. The highest BCUT2D eigenvalue weighted by atomic mass is 14.0. The average molecular weight is 354 g/mol. The number of allylic oxidation sites excluding steroid dienone is 10. The van der Waals surface area contributed by atoms with Crippen LogP contribution in [0.2, 0.25) is 6.32 Å². The SMILES string of the molecule is BC/C=C(\C)CC/C=C(\C)CC/C=C(\C)CC/C=C(\C)CCC=C(C)C. The predicted molar refractivity (Wildman–Crippen MR) is 125 cm³/mol. The van der Waals surface area contributed by atoms with Gasteiger partial charge in [-0.05, 0) is 92.9 Å². The molecule has 0 atom stereocenters. The zero-order chi connectivity index (χ0) is 19.8. The van der Waals surface area contributed by atoms with Crippen molar-refractivity contribution >= 4 is 7.85 Å². The highest BCUT2D eigenvalue weighted by molar-refractivity contribution is 6.09. The van der Waals surface area contributed by atoms with E-state index >= 15 is 0 Å². The van der Waals surface area contributed by atoms with Crippen LogP contribution in [0.5, 0.6) is 0 Å². The van der Waals surface area contributed by atoms with Crippen LogP contribution in [0.4, 0.5) is 0 Å². The fourth-order valence-electron chi connectivity index (χ4n) is 2.98. The Morgan fingerprint density at radius 3 is 1.12 bits per heavy atom. The summed E-state index contributed by atoms with van der Waals surface area (Å²) in [4.78, 5) is 0. The molecule has 1 heteroatoms. The highest BCUT2D eigenvalue weighted by Crippen LogP contribution is 2.14. The molecular formula is C25H43B. The minimum absolute atomic E-state index is 1.16. The van der Waals surface area contributed by atoms with Crippen molar-refractivity contribution < 1.29 is 0 Å². The maximum Gasteiger partial charge on any atom is 0.106 e. The van der Waals surface area contributed by atoms with Gasteiger partial charge in [0.1, 0.15) is 7.85 Å². The minimum Gasteiger partial charge on any atom is -0.0935 e. The molecule has 0 heterocycles. The van der Waals surface area contributed by atoms with Crippen molar-refractivity contribution in [2.75, 3.05) is 0 Å². The van der Waals surface area contributed by atoms with Crippen molar-refractivity contribution in [3.8, 4) is 0 Å². The van der Waals surface area contributed by atoms with Gasteiger partial charge in [0.15, 0.2) is 0 Å². The molecule has 0 unspecified atom stereocenters. The molecule has 0 saturated carbocycles. The Labute approximate surface area is 165 Å². The Kier molecular flexibility index (Phi) is 15.2. The molecule has 0 N–H and O–H groups in total. The van der Waals surface area contributed by atoms with Gasteiger partial charge in [0.25, 0.3) is 0 Å².